The number of aromatic nitrogens is 2. The summed E-state index contributed by atoms with van der Waals surface area (Å²) in [6.45, 7) is 4.11. The Morgan fingerprint density at radius 2 is 2.19 bits per heavy atom. The van der Waals surface area contributed by atoms with Crippen LogP contribution in [0.5, 0.6) is 0 Å². The largest absolute Gasteiger partial charge is 0.382 e. The van der Waals surface area contributed by atoms with Gasteiger partial charge in [-0.25, -0.2) is 9.18 Å². The Balaban J connectivity index is 1.86. The van der Waals surface area contributed by atoms with Gasteiger partial charge in [-0.2, -0.15) is 5.10 Å². The monoisotopic (exact) mass is 289 g/mol. The third-order valence-corrected chi connectivity index (χ3v) is 3.86. The number of carbonyl (C=O) groups is 1. The molecular weight excluding hydrogens is 273 g/mol. The van der Waals surface area contributed by atoms with Crippen molar-refractivity contribution in [1.82, 2.24) is 15.1 Å². The second-order valence-corrected chi connectivity index (χ2v) is 5.52. The van der Waals surface area contributed by atoms with Crippen LogP contribution in [0.15, 0.2) is 24.3 Å². The third-order valence-electron chi connectivity index (χ3n) is 3.86. The summed E-state index contributed by atoms with van der Waals surface area (Å²) in [7, 11) is 0. The topological polar surface area (TPSA) is 87.0 Å². The summed E-state index contributed by atoms with van der Waals surface area (Å²) in [5, 5.41) is 9.41. The van der Waals surface area contributed by atoms with Crippen molar-refractivity contribution in [2.24, 2.45) is 0 Å². The van der Waals surface area contributed by atoms with Crippen LogP contribution in [0.4, 0.5) is 20.7 Å². The number of urea groups is 1. The Bertz CT molecular complexity index is 709. The van der Waals surface area contributed by atoms with Crippen LogP contribution in [0.2, 0.25) is 0 Å². The number of amides is 2. The molecule has 0 bridgehead atoms. The van der Waals surface area contributed by atoms with Crippen LogP contribution >= 0.6 is 0 Å². The molecule has 6 nitrogen and oxygen atoms in total. The highest BCUT2D eigenvalue weighted by Crippen LogP contribution is 2.39. The number of carbonyl (C=O) groups excluding carboxylic acids is 1. The lowest BCUT2D eigenvalue weighted by Gasteiger charge is -2.31. The summed E-state index contributed by atoms with van der Waals surface area (Å²) in [5.74, 6) is -0.0816. The van der Waals surface area contributed by atoms with Gasteiger partial charge in [0.2, 0.25) is 0 Å². The molecule has 1 aliphatic heterocycles. The maximum Gasteiger partial charge on any atom is 0.323 e. The molecular formula is C14H16FN5O. The van der Waals surface area contributed by atoms with Crippen LogP contribution in [0.25, 0.3) is 0 Å². The summed E-state index contributed by atoms with van der Waals surface area (Å²) in [6, 6.07) is 5.68. The fourth-order valence-corrected chi connectivity index (χ4v) is 2.61. The van der Waals surface area contributed by atoms with Crippen molar-refractivity contribution in [3.63, 3.8) is 0 Å². The Hall–Kier alpha value is -2.57. The van der Waals surface area contributed by atoms with Crippen molar-refractivity contribution in [2.45, 2.75) is 25.9 Å². The highest BCUT2D eigenvalue weighted by Gasteiger charge is 2.43. The highest BCUT2D eigenvalue weighted by atomic mass is 19.1. The van der Waals surface area contributed by atoms with Crippen LogP contribution < -0.4 is 11.1 Å². The fourth-order valence-electron chi connectivity index (χ4n) is 2.61. The number of fused-ring (bicyclic) bond motifs is 1. The number of hydrogen-bond acceptors (Lipinski definition) is 3. The fraction of sp³-hybridized carbons (Fsp3) is 0.286. The van der Waals surface area contributed by atoms with Crippen molar-refractivity contribution >= 4 is 17.5 Å². The van der Waals surface area contributed by atoms with E-state index in [0.29, 0.717) is 12.4 Å². The van der Waals surface area contributed by atoms with Gasteiger partial charge in [0.15, 0.2) is 5.82 Å². The van der Waals surface area contributed by atoms with E-state index in [2.05, 4.69) is 15.5 Å². The molecule has 1 aromatic heterocycles. The predicted octanol–water partition coefficient (Wildman–Crippen LogP) is 2.41. The minimum Gasteiger partial charge on any atom is -0.382 e. The molecule has 4 N–H and O–H groups in total. The first kappa shape index (κ1) is 13.4. The molecule has 0 saturated carbocycles. The van der Waals surface area contributed by atoms with E-state index in [1.54, 1.807) is 17.0 Å². The lowest BCUT2D eigenvalue weighted by atomic mass is 10.0. The maximum atomic E-state index is 13.6. The zero-order chi connectivity index (χ0) is 15.2. The molecule has 2 aromatic rings. The SMILES string of the molecule is CC1(C)c2[nH]nc(N)c2CN1C(=O)Nc1ccccc1F. The van der Waals surface area contributed by atoms with E-state index in [-0.39, 0.29) is 11.7 Å². The molecule has 7 heteroatoms. The molecule has 0 radical (unpaired) electrons. The van der Waals surface area contributed by atoms with Crippen molar-refractivity contribution in [3.05, 3.63) is 41.3 Å². The van der Waals surface area contributed by atoms with Gasteiger partial charge in [-0.3, -0.25) is 5.10 Å². The highest BCUT2D eigenvalue weighted by molar-refractivity contribution is 5.90. The van der Waals surface area contributed by atoms with Crippen molar-refractivity contribution in [3.8, 4) is 0 Å². The normalized spacial score (nSPS) is 15.9. The van der Waals surface area contributed by atoms with Crippen LogP contribution in [0, 0.1) is 5.82 Å². The number of H-pyrrole nitrogens is 1. The molecule has 110 valence electrons. The van der Waals surface area contributed by atoms with E-state index in [1.807, 2.05) is 13.8 Å². The molecule has 0 atom stereocenters. The van der Waals surface area contributed by atoms with Gasteiger partial charge >= 0.3 is 6.03 Å². The average Bonchev–Trinajstić information content (AvgIpc) is 2.92. The number of nitrogen functional groups attached to an aromatic ring is 1. The number of benzene rings is 1. The number of hydrogen-bond donors (Lipinski definition) is 3. The average molecular weight is 289 g/mol. The Labute approximate surface area is 121 Å². The summed E-state index contributed by atoms with van der Waals surface area (Å²) >= 11 is 0. The predicted molar refractivity (Wildman–Crippen MR) is 77.0 cm³/mol. The molecule has 0 fully saturated rings. The number of aromatic amines is 1. The first-order chi connectivity index (χ1) is 9.91. The van der Waals surface area contributed by atoms with Crippen LogP contribution in [-0.2, 0) is 12.1 Å². The molecule has 1 aliphatic rings. The van der Waals surface area contributed by atoms with E-state index in [9.17, 15) is 9.18 Å². The zero-order valence-electron chi connectivity index (χ0n) is 11.8. The quantitative estimate of drug-likeness (QED) is 0.753. The first-order valence-electron chi connectivity index (χ1n) is 6.57. The van der Waals surface area contributed by atoms with Gasteiger partial charge in [-0.05, 0) is 26.0 Å². The smallest absolute Gasteiger partial charge is 0.323 e. The number of halogens is 1. The number of nitrogens with zero attached hydrogens (tertiary/aromatic N) is 2. The second-order valence-electron chi connectivity index (χ2n) is 5.52. The summed E-state index contributed by atoms with van der Waals surface area (Å²) in [5.41, 5.74) is 6.97. The minimum absolute atomic E-state index is 0.153. The van der Waals surface area contributed by atoms with E-state index in [4.69, 9.17) is 5.73 Å². The molecule has 0 aliphatic carbocycles. The van der Waals surface area contributed by atoms with Crippen LogP contribution in [-0.4, -0.2) is 21.1 Å². The maximum absolute atomic E-state index is 13.6. The van der Waals surface area contributed by atoms with Crippen molar-refractivity contribution < 1.29 is 9.18 Å². The third kappa shape index (κ3) is 2.01. The lowest BCUT2D eigenvalue weighted by Crippen LogP contribution is -2.43. The van der Waals surface area contributed by atoms with Gasteiger partial charge < -0.3 is 16.0 Å². The van der Waals surface area contributed by atoms with E-state index in [1.165, 1.54) is 12.1 Å². The summed E-state index contributed by atoms with van der Waals surface area (Å²) < 4.78 is 13.6. The van der Waals surface area contributed by atoms with Gasteiger partial charge in [-0.1, -0.05) is 12.1 Å². The standard InChI is InChI=1S/C14H16FN5O/c1-14(2)11-8(12(16)19-18-11)7-20(14)13(21)17-10-6-4-3-5-9(10)15/h3-6H,7H2,1-2H3,(H,17,21)(H3,16,18,19). The molecule has 0 saturated heterocycles. The minimum atomic E-state index is -0.588. The Morgan fingerprint density at radius 3 is 2.86 bits per heavy atom. The van der Waals surface area contributed by atoms with Gasteiger partial charge in [-0.15, -0.1) is 0 Å². The molecule has 3 rings (SSSR count). The lowest BCUT2D eigenvalue weighted by molar-refractivity contribution is 0.155. The molecule has 0 spiro atoms. The number of nitrogens with two attached hydrogens (primary N) is 1. The van der Waals surface area contributed by atoms with Crippen molar-refractivity contribution in [2.75, 3.05) is 11.1 Å². The molecule has 2 heterocycles. The number of para-hydroxylation sites is 1. The molecule has 1 aromatic carbocycles. The van der Waals surface area contributed by atoms with E-state index in [0.717, 1.165) is 11.3 Å². The molecule has 21 heavy (non-hydrogen) atoms. The second kappa shape index (κ2) is 4.47. The van der Waals surface area contributed by atoms with Gasteiger partial charge in [0, 0.05) is 5.56 Å². The number of nitrogens with one attached hydrogen (secondary N) is 2. The van der Waals surface area contributed by atoms with Crippen LogP contribution in [0.1, 0.15) is 25.1 Å². The number of anilines is 2. The Morgan fingerprint density at radius 1 is 1.48 bits per heavy atom. The summed E-state index contributed by atoms with van der Waals surface area (Å²) in [4.78, 5) is 14.0. The van der Waals surface area contributed by atoms with Gasteiger partial charge in [0.1, 0.15) is 5.82 Å². The number of rotatable bonds is 1. The zero-order valence-corrected chi connectivity index (χ0v) is 11.8. The van der Waals surface area contributed by atoms with Gasteiger partial charge in [0.25, 0.3) is 0 Å². The van der Waals surface area contributed by atoms with Crippen molar-refractivity contribution in [1.29, 1.82) is 0 Å². The molecule has 2 amide bonds. The Kier molecular flexibility index (Phi) is 2.86. The van der Waals surface area contributed by atoms with Gasteiger partial charge in [0.05, 0.1) is 23.5 Å². The van der Waals surface area contributed by atoms with Crippen LogP contribution in [0.3, 0.4) is 0 Å². The first-order valence-corrected chi connectivity index (χ1v) is 6.57. The van der Waals surface area contributed by atoms with E-state index < -0.39 is 11.4 Å². The van der Waals surface area contributed by atoms with E-state index >= 15 is 0 Å². The molecule has 0 unspecified atom stereocenters. The summed E-state index contributed by atoms with van der Waals surface area (Å²) in [6.07, 6.45) is 0.